The lowest BCUT2D eigenvalue weighted by Gasteiger charge is -2.18. The zero-order valence-electron chi connectivity index (χ0n) is 16.0. The fourth-order valence-corrected chi connectivity index (χ4v) is 3.38. The molecule has 178 valence electrons. The zero-order valence-corrected chi connectivity index (χ0v) is 16.8. The Morgan fingerprint density at radius 1 is 1.09 bits per heavy atom. The minimum Gasteiger partial charge on any atom is -0.466 e. The van der Waals surface area contributed by atoms with Crippen LogP contribution in [-0.2, 0) is 12.7 Å². The average molecular weight is 503 g/mol. The topological polar surface area (TPSA) is 69.0 Å². The first-order chi connectivity index (χ1) is 15.2. The largest absolute Gasteiger partial charge is 0.466 e. The molecule has 1 fully saturated rings. The van der Waals surface area contributed by atoms with E-state index in [9.17, 15) is 35.1 Å². The Bertz CT molecular complexity index is 1180. The number of anilines is 1. The van der Waals surface area contributed by atoms with Crippen LogP contribution >= 0.6 is 11.6 Å². The maximum absolute atomic E-state index is 14.6. The Labute approximate surface area is 183 Å². The smallest absolute Gasteiger partial charge is 0.451 e. The fraction of sp³-hybridized carbons (Fsp3) is 0.412. The molecule has 1 aliphatic rings. The molecule has 0 radical (unpaired) electrons. The van der Waals surface area contributed by atoms with Gasteiger partial charge < -0.3 is 9.64 Å². The summed E-state index contributed by atoms with van der Waals surface area (Å²) in [6, 6.07) is 1.92. The lowest BCUT2D eigenvalue weighted by atomic mass is 10.2. The van der Waals surface area contributed by atoms with Gasteiger partial charge in [-0.1, -0.05) is 11.6 Å². The highest BCUT2D eigenvalue weighted by Gasteiger charge is 2.51. The number of nitrogens with zero attached hydrogens (tertiary/aromatic N) is 6. The van der Waals surface area contributed by atoms with Crippen LogP contribution in [0.4, 0.5) is 40.9 Å². The van der Waals surface area contributed by atoms with E-state index >= 15 is 0 Å². The van der Waals surface area contributed by atoms with E-state index in [0.29, 0.717) is 4.68 Å². The summed E-state index contributed by atoms with van der Waals surface area (Å²) in [7, 11) is 0. The second-order valence-electron chi connectivity index (χ2n) is 7.12. The molecule has 1 saturated heterocycles. The third-order valence-electron chi connectivity index (χ3n) is 4.61. The summed E-state index contributed by atoms with van der Waals surface area (Å²) in [6.07, 6.45) is -9.17. The molecule has 0 bridgehead atoms. The molecule has 0 unspecified atom stereocenters. The van der Waals surface area contributed by atoms with E-state index < -0.39 is 66.7 Å². The number of rotatable bonds is 4. The Kier molecular flexibility index (Phi) is 5.49. The first-order valence-corrected chi connectivity index (χ1v) is 9.39. The molecule has 16 heteroatoms. The molecule has 4 rings (SSSR count). The summed E-state index contributed by atoms with van der Waals surface area (Å²) in [5.41, 5.74) is -0.0482. The molecule has 0 N–H and O–H groups in total. The summed E-state index contributed by atoms with van der Waals surface area (Å²) in [6.45, 7) is -3.06. The van der Waals surface area contributed by atoms with Crippen LogP contribution in [0.25, 0.3) is 10.9 Å². The molecule has 0 aliphatic carbocycles. The number of alkyl halides is 8. The second-order valence-corrected chi connectivity index (χ2v) is 7.50. The molecule has 0 aromatic carbocycles. The van der Waals surface area contributed by atoms with E-state index in [2.05, 4.69) is 20.1 Å². The Morgan fingerprint density at radius 2 is 1.82 bits per heavy atom. The van der Waals surface area contributed by atoms with Crippen LogP contribution in [0, 0.1) is 0 Å². The predicted octanol–water partition coefficient (Wildman–Crippen LogP) is 4.36. The van der Waals surface area contributed by atoms with Crippen molar-refractivity contribution in [1.29, 1.82) is 0 Å². The van der Waals surface area contributed by atoms with E-state index in [1.54, 1.807) is 0 Å². The molecule has 1 atom stereocenters. The number of hydrogen-bond acceptors (Lipinski definition) is 6. The minimum absolute atomic E-state index is 0.0482. The van der Waals surface area contributed by atoms with E-state index in [4.69, 9.17) is 16.3 Å². The highest BCUT2D eigenvalue weighted by atomic mass is 35.5. The number of halogens is 9. The van der Waals surface area contributed by atoms with Crippen molar-refractivity contribution in [3.8, 4) is 5.88 Å². The standard InChI is InChI=1S/C17H11ClF8N6O/c18-11-2-12(30-14(29-11)17(24,25)26)31-5-10(15(19,20)6-31)33-13-1-9-8(3-27-13)4-28-32(9)7-16(21,22)23/h1-4,10H,5-7H2/t10-/m0/s1. The lowest BCUT2D eigenvalue weighted by Crippen LogP contribution is -2.36. The molecule has 0 spiro atoms. The second kappa shape index (κ2) is 7.81. The van der Waals surface area contributed by atoms with Crippen LogP contribution in [0.15, 0.2) is 24.5 Å². The number of hydrogen-bond donors (Lipinski definition) is 0. The van der Waals surface area contributed by atoms with E-state index in [1.807, 2.05) is 0 Å². The van der Waals surface area contributed by atoms with Crippen molar-refractivity contribution in [2.24, 2.45) is 0 Å². The van der Waals surface area contributed by atoms with Crippen molar-refractivity contribution in [1.82, 2.24) is 24.7 Å². The van der Waals surface area contributed by atoms with Crippen LogP contribution in [0.1, 0.15) is 5.82 Å². The summed E-state index contributed by atoms with van der Waals surface area (Å²) < 4.78 is 112. The van der Waals surface area contributed by atoms with Crippen LogP contribution in [0.2, 0.25) is 5.15 Å². The molecule has 33 heavy (non-hydrogen) atoms. The van der Waals surface area contributed by atoms with Gasteiger partial charge in [0.15, 0.2) is 6.10 Å². The maximum atomic E-state index is 14.6. The van der Waals surface area contributed by atoms with Gasteiger partial charge in [-0.05, 0) is 0 Å². The van der Waals surface area contributed by atoms with Gasteiger partial charge in [-0.2, -0.15) is 31.4 Å². The van der Waals surface area contributed by atoms with Gasteiger partial charge in [0.05, 0.1) is 24.8 Å². The van der Waals surface area contributed by atoms with Crippen molar-refractivity contribution < 1.29 is 39.9 Å². The molecule has 3 aromatic heterocycles. The van der Waals surface area contributed by atoms with Crippen molar-refractivity contribution in [3.63, 3.8) is 0 Å². The van der Waals surface area contributed by atoms with Gasteiger partial charge in [-0.15, -0.1) is 0 Å². The highest BCUT2D eigenvalue weighted by molar-refractivity contribution is 6.29. The van der Waals surface area contributed by atoms with Gasteiger partial charge in [0.1, 0.15) is 17.5 Å². The van der Waals surface area contributed by atoms with Crippen LogP contribution in [0.5, 0.6) is 5.88 Å². The predicted molar refractivity (Wildman–Crippen MR) is 97.2 cm³/mol. The maximum Gasteiger partial charge on any atom is 0.451 e. The SMILES string of the molecule is FC(F)(F)Cn1ncc2cnc(O[C@H]3CN(c4cc(Cl)nc(C(F)(F)F)n4)CC3(F)F)cc21. The van der Waals surface area contributed by atoms with E-state index in [0.717, 1.165) is 29.4 Å². The van der Waals surface area contributed by atoms with Gasteiger partial charge in [-0.25, -0.2) is 23.7 Å². The summed E-state index contributed by atoms with van der Waals surface area (Å²) in [5, 5.41) is 3.23. The van der Waals surface area contributed by atoms with E-state index in [-0.39, 0.29) is 10.9 Å². The Hall–Kier alpha value is -2.97. The summed E-state index contributed by atoms with van der Waals surface area (Å²) in [4.78, 5) is 10.9. The Morgan fingerprint density at radius 3 is 2.48 bits per heavy atom. The Balaban J connectivity index is 1.58. The van der Waals surface area contributed by atoms with Crippen molar-refractivity contribution in [3.05, 3.63) is 35.5 Å². The quantitative estimate of drug-likeness (QED) is 0.390. The first kappa shape index (κ1) is 23.2. The molecule has 1 aliphatic heterocycles. The first-order valence-electron chi connectivity index (χ1n) is 9.01. The van der Waals surface area contributed by atoms with Crippen molar-refractivity contribution in [2.45, 2.75) is 30.9 Å². The van der Waals surface area contributed by atoms with Crippen LogP contribution in [-0.4, -0.2) is 56.0 Å². The molecule has 7 nitrogen and oxygen atoms in total. The number of ether oxygens (including phenoxy) is 1. The fourth-order valence-electron chi connectivity index (χ4n) is 3.21. The summed E-state index contributed by atoms with van der Waals surface area (Å²) >= 11 is 5.58. The van der Waals surface area contributed by atoms with Gasteiger partial charge >= 0.3 is 18.3 Å². The molecule has 3 aromatic rings. The van der Waals surface area contributed by atoms with Gasteiger partial charge in [0.2, 0.25) is 11.7 Å². The monoisotopic (exact) mass is 502 g/mol. The average Bonchev–Trinajstić information content (AvgIpc) is 3.19. The van der Waals surface area contributed by atoms with Gasteiger partial charge in [-0.3, -0.25) is 4.68 Å². The number of aromatic nitrogens is 5. The third kappa shape index (κ3) is 5.02. The van der Waals surface area contributed by atoms with Gasteiger partial charge in [0.25, 0.3) is 0 Å². The minimum atomic E-state index is -4.95. The third-order valence-corrected chi connectivity index (χ3v) is 4.80. The molecular formula is C17H11ClF8N6O. The van der Waals surface area contributed by atoms with Crippen molar-refractivity contribution >= 4 is 28.3 Å². The molecule has 0 amide bonds. The molecule has 0 saturated carbocycles. The number of fused-ring (bicyclic) bond motifs is 1. The molecular weight excluding hydrogens is 492 g/mol. The summed E-state index contributed by atoms with van der Waals surface area (Å²) in [5.74, 6) is -6.05. The normalized spacial score (nSPS) is 18.8. The van der Waals surface area contributed by atoms with Crippen molar-refractivity contribution in [2.75, 3.05) is 18.0 Å². The van der Waals surface area contributed by atoms with Crippen LogP contribution < -0.4 is 9.64 Å². The lowest BCUT2D eigenvalue weighted by molar-refractivity contribution is -0.145. The van der Waals surface area contributed by atoms with Gasteiger partial charge in [0, 0.05) is 23.7 Å². The van der Waals surface area contributed by atoms with Crippen LogP contribution in [0.3, 0.4) is 0 Å². The zero-order chi connectivity index (χ0) is 24.2. The van der Waals surface area contributed by atoms with E-state index in [1.165, 1.54) is 0 Å². The highest BCUT2D eigenvalue weighted by Crippen LogP contribution is 2.36. The number of pyridine rings is 1. The molecule has 4 heterocycles.